The molecule has 7 heteroatoms. The summed E-state index contributed by atoms with van der Waals surface area (Å²) in [6.07, 6.45) is 0. The highest BCUT2D eigenvalue weighted by atomic mass is 127. The Morgan fingerprint density at radius 2 is 2.18 bits per heavy atom. The number of amidine groups is 1. The van der Waals surface area contributed by atoms with Gasteiger partial charge in [-0.25, -0.2) is 1.33 Å². The van der Waals surface area contributed by atoms with E-state index in [2.05, 4.69) is 50.7 Å². The van der Waals surface area contributed by atoms with Crippen LogP contribution in [0.25, 0.3) is 0 Å². The first-order valence-electron chi connectivity index (χ1n) is 2.60. The monoisotopic (exact) mass is 510 g/mol. The number of hydrogen-bond donors (Lipinski definition) is 0. The van der Waals surface area contributed by atoms with E-state index >= 15 is 0 Å². The average Bonchev–Trinajstić information content (AvgIpc) is 1.87. The molecule has 0 heterocycles. The fraction of sp³-hybridized carbons (Fsp3) is 0.500. The van der Waals surface area contributed by atoms with Crippen molar-refractivity contribution >= 4 is 89.2 Å². The van der Waals surface area contributed by atoms with Gasteiger partial charge in [-0.1, -0.05) is 18.7 Å². The number of nitrogens with zero attached hydrogens (tertiary/aromatic N) is 2. The van der Waals surface area contributed by atoms with Crippen LogP contribution in [-0.2, 0) is 0 Å². The second kappa shape index (κ2) is 7.12. The van der Waals surface area contributed by atoms with Gasteiger partial charge in [0.1, 0.15) is 0 Å². The first kappa shape index (κ1) is 12.7. The Labute approximate surface area is 111 Å². The quantitative estimate of drug-likeness (QED) is 0.178. The summed E-state index contributed by atoms with van der Waals surface area (Å²) in [7, 11) is 0. The van der Waals surface area contributed by atoms with E-state index in [1.54, 1.807) is 1.33 Å². The normalized spacial score (nSPS) is 11.5. The number of carbonyl (C=O) groups excluding carboxylic acids is 1. The maximum atomic E-state index is 10.9. The molecule has 0 aliphatic heterocycles. The Morgan fingerprint density at radius 3 is 2.55 bits per heavy atom. The van der Waals surface area contributed by atoms with Gasteiger partial charge in [0.25, 0.3) is 0 Å². The van der Waals surface area contributed by atoms with Crippen LogP contribution in [0.5, 0.6) is 0 Å². The Balaban J connectivity index is 3.97. The predicted octanol–water partition coefficient (Wildman–Crippen LogP) is 3.65. The van der Waals surface area contributed by atoms with E-state index in [1.165, 1.54) is 11.8 Å². The molecule has 0 saturated carbocycles. The van der Waals surface area contributed by atoms with Crippen molar-refractivity contribution in [3.05, 3.63) is 0 Å². The van der Waals surface area contributed by atoms with E-state index in [-0.39, 0.29) is 5.24 Å². The van der Waals surface area contributed by atoms with Gasteiger partial charge >= 0.3 is 5.24 Å². The third-order valence-electron chi connectivity index (χ3n) is 0.591. The Kier molecular flexibility index (Phi) is 8.21. The molecule has 0 aromatic rings. The molecule has 64 valence electrons. The Bertz CT molecular complexity index is 173. The standard InChI is InChI=1S/C4H5I3N2OS/c1-2-11-4(10)8-3(5)9(6)7/h2H2,1H3/b8-3-. The third-order valence-corrected chi connectivity index (χ3v) is 4.70. The predicted molar refractivity (Wildman–Crippen MR) is 74.9 cm³/mol. The molecule has 0 radical (unpaired) electrons. The zero-order valence-electron chi connectivity index (χ0n) is 5.55. The maximum Gasteiger partial charge on any atom is 0.307 e. The first-order chi connectivity index (χ1) is 5.07. The summed E-state index contributed by atoms with van der Waals surface area (Å²) >= 11 is 7.33. The topological polar surface area (TPSA) is 32.7 Å². The molecule has 0 bridgehead atoms. The molecule has 0 rings (SSSR count). The number of thioether (sulfide) groups is 1. The van der Waals surface area contributed by atoms with Crippen LogP contribution < -0.4 is 0 Å². The minimum atomic E-state index is -0.129. The highest BCUT2D eigenvalue weighted by Gasteiger charge is 2.03. The van der Waals surface area contributed by atoms with Crippen molar-refractivity contribution in [2.24, 2.45) is 4.99 Å². The lowest BCUT2D eigenvalue weighted by molar-refractivity contribution is 0.267. The van der Waals surface area contributed by atoms with Gasteiger partial charge in [-0.2, -0.15) is 4.99 Å². The van der Waals surface area contributed by atoms with Gasteiger partial charge in [0, 0.05) is 22.6 Å². The minimum absolute atomic E-state index is 0.129. The van der Waals surface area contributed by atoms with Gasteiger partial charge < -0.3 is 0 Å². The SMILES string of the molecule is CCSC(=O)/N=C(/I)N(I)I. The maximum absolute atomic E-state index is 10.9. The summed E-state index contributed by atoms with van der Waals surface area (Å²) in [5.41, 5.74) is 0. The molecule has 0 saturated heterocycles. The molecule has 0 aliphatic carbocycles. The second-order valence-corrected chi connectivity index (χ2v) is 7.27. The van der Waals surface area contributed by atoms with E-state index in [0.29, 0.717) is 3.84 Å². The number of hydrogen-bond acceptors (Lipinski definition) is 2. The Morgan fingerprint density at radius 1 is 1.64 bits per heavy atom. The molecule has 0 aromatic carbocycles. The van der Waals surface area contributed by atoms with E-state index in [4.69, 9.17) is 0 Å². The molecular weight excluding hydrogens is 505 g/mol. The zero-order chi connectivity index (χ0) is 8.85. The van der Waals surface area contributed by atoms with Gasteiger partial charge in [-0.15, -0.1) is 0 Å². The lowest BCUT2D eigenvalue weighted by Crippen LogP contribution is -2.02. The average molecular weight is 510 g/mol. The molecule has 11 heavy (non-hydrogen) atoms. The molecule has 0 aromatic heterocycles. The largest absolute Gasteiger partial charge is 0.307 e. The lowest BCUT2D eigenvalue weighted by atomic mass is 11.0. The van der Waals surface area contributed by atoms with E-state index in [0.717, 1.165) is 5.75 Å². The number of amides is 1. The van der Waals surface area contributed by atoms with Crippen LogP contribution in [0.3, 0.4) is 0 Å². The van der Waals surface area contributed by atoms with Crippen molar-refractivity contribution in [2.45, 2.75) is 6.92 Å². The summed E-state index contributed by atoms with van der Waals surface area (Å²) in [5, 5.41) is -0.129. The zero-order valence-corrected chi connectivity index (χ0v) is 12.8. The van der Waals surface area contributed by atoms with Gasteiger partial charge in [0.15, 0.2) is 3.84 Å². The van der Waals surface area contributed by atoms with Crippen LogP contribution in [0.2, 0.25) is 0 Å². The van der Waals surface area contributed by atoms with Crippen molar-refractivity contribution in [3.63, 3.8) is 0 Å². The molecule has 0 atom stereocenters. The van der Waals surface area contributed by atoms with Crippen LogP contribution in [0.15, 0.2) is 4.99 Å². The number of rotatable bonds is 1. The summed E-state index contributed by atoms with van der Waals surface area (Å²) in [6, 6.07) is 0. The molecule has 0 spiro atoms. The fourth-order valence-corrected chi connectivity index (χ4v) is 1.27. The van der Waals surface area contributed by atoms with Crippen molar-refractivity contribution in [2.75, 3.05) is 5.75 Å². The first-order valence-corrected chi connectivity index (χ1v) is 6.60. The van der Waals surface area contributed by atoms with Crippen LogP contribution >= 0.6 is 80.1 Å². The molecular formula is C4H5I3N2OS. The fourth-order valence-electron chi connectivity index (χ4n) is 0.269. The van der Waals surface area contributed by atoms with Crippen LogP contribution in [0.4, 0.5) is 4.79 Å². The van der Waals surface area contributed by atoms with E-state index in [9.17, 15) is 4.79 Å². The van der Waals surface area contributed by atoms with Crippen LogP contribution in [0.1, 0.15) is 6.92 Å². The molecule has 0 N–H and O–H groups in total. The van der Waals surface area contributed by atoms with Crippen molar-refractivity contribution < 1.29 is 4.79 Å². The van der Waals surface area contributed by atoms with Crippen molar-refractivity contribution in [1.82, 2.24) is 1.33 Å². The lowest BCUT2D eigenvalue weighted by Gasteiger charge is -2.01. The number of carbonyl (C=O) groups is 1. The summed E-state index contributed by atoms with van der Waals surface area (Å²) in [4.78, 5) is 14.7. The van der Waals surface area contributed by atoms with Gasteiger partial charge in [-0.05, 0) is 5.75 Å². The van der Waals surface area contributed by atoms with Gasteiger partial charge in [0.05, 0.1) is 45.7 Å². The van der Waals surface area contributed by atoms with Gasteiger partial charge in [0.2, 0.25) is 0 Å². The molecule has 1 amide bonds. The summed E-state index contributed by atoms with van der Waals surface area (Å²) < 4.78 is 2.43. The van der Waals surface area contributed by atoms with Gasteiger partial charge in [-0.3, -0.25) is 4.79 Å². The van der Waals surface area contributed by atoms with Crippen molar-refractivity contribution in [1.29, 1.82) is 0 Å². The number of aliphatic imine (C=N–C) groups is 1. The third kappa shape index (κ3) is 6.81. The Hall–Kier alpha value is 1.68. The molecule has 0 fully saturated rings. The second-order valence-electron chi connectivity index (χ2n) is 1.31. The van der Waals surface area contributed by atoms with Crippen molar-refractivity contribution in [3.8, 4) is 0 Å². The highest BCUT2D eigenvalue weighted by Crippen LogP contribution is 2.15. The van der Waals surface area contributed by atoms with E-state index in [1.807, 2.05) is 29.5 Å². The van der Waals surface area contributed by atoms with Crippen LogP contribution in [-0.4, -0.2) is 16.2 Å². The van der Waals surface area contributed by atoms with E-state index < -0.39 is 0 Å². The molecule has 0 unspecified atom stereocenters. The minimum Gasteiger partial charge on any atom is -0.259 e. The summed E-state index contributed by atoms with van der Waals surface area (Å²) in [5.74, 6) is 0.773. The van der Waals surface area contributed by atoms with Crippen LogP contribution in [0, 0.1) is 0 Å². The molecule has 3 nitrogen and oxygen atoms in total. The number of halogens is 3. The summed E-state index contributed by atoms with van der Waals surface area (Å²) in [6.45, 7) is 1.93. The smallest absolute Gasteiger partial charge is 0.259 e. The molecule has 0 aliphatic rings. The highest BCUT2D eigenvalue weighted by molar-refractivity contribution is 14.2.